The van der Waals surface area contributed by atoms with Gasteiger partial charge in [0.2, 0.25) is 17.6 Å². The molecule has 2 saturated carbocycles. The number of urea groups is 1. The van der Waals surface area contributed by atoms with E-state index in [-0.39, 0.29) is 42.0 Å². The predicted octanol–water partition coefficient (Wildman–Crippen LogP) is 2.87. The number of hydrogen-bond acceptors (Lipinski definition) is 7. The lowest BCUT2D eigenvalue weighted by atomic mass is 9.71. The number of Topliss-reactive ketones (excluding diaryl/α,β-unsaturated/α-hetero) is 1. The molecule has 3 rings (SSSR count). The van der Waals surface area contributed by atoms with Gasteiger partial charge in [-0.25, -0.2) is 13.2 Å². The SMILES string of the molecule is C=CCCNC(=O)C(=O)C(CC1CC1)NC(=O)[C@@H]1CC(C)(C)C(C)CN1C(=O)[C@@H](NC(=O)NC1(CS(C)(=O)=O)CCCCC1)C(C)C. The van der Waals surface area contributed by atoms with Crippen LogP contribution in [0.3, 0.4) is 0 Å². The molecule has 1 heterocycles. The van der Waals surface area contributed by atoms with Gasteiger partial charge in [-0.05, 0) is 55.3 Å². The molecule has 0 spiro atoms. The zero-order valence-corrected chi connectivity index (χ0v) is 30.0. The van der Waals surface area contributed by atoms with E-state index < -0.39 is 63.0 Å². The molecule has 4 atom stereocenters. The molecular weight excluding hydrogens is 622 g/mol. The van der Waals surface area contributed by atoms with E-state index in [9.17, 15) is 32.4 Å². The standard InChI is InChI=1S/C34H57N5O7S/c1-8-9-17-35-30(42)28(40)25(18-24-13-14-24)36-29(41)26-19-33(5,6)23(4)20-39(26)31(43)27(22(2)3)37-32(44)38-34(21-47(7,45)46)15-11-10-12-16-34/h8,22-27H,1,9-21H2,2-7H3,(H,35,42)(H,36,41)(H2,37,38,44)/t23?,25?,26-,27-/m0/s1. The van der Waals surface area contributed by atoms with Gasteiger partial charge in [0.25, 0.3) is 5.91 Å². The maximum Gasteiger partial charge on any atom is 0.315 e. The third kappa shape index (κ3) is 11.0. The van der Waals surface area contributed by atoms with Crippen molar-refractivity contribution in [2.45, 2.75) is 122 Å². The lowest BCUT2D eigenvalue weighted by Gasteiger charge is -2.48. The first kappa shape index (κ1) is 38.5. The maximum absolute atomic E-state index is 14.3. The summed E-state index contributed by atoms with van der Waals surface area (Å²) < 4.78 is 24.5. The summed E-state index contributed by atoms with van der Waals surface area (Å²) in [7, 11) is -3.39. The largest absolute Gasteiger partial charge is 0.349 e. The second-order valence-corrected chi connectivity index (χ2v) is 17.4. The minimum absolute atomic E-state index is 0.0249. The fourth-order valence-electron chi connectivity index (χ4n) is 6.82. The molecule has 5 amide bonds. The van der Waals surface area contributed by atoms with Gasteiger partial charge in [0.15, 0.2) is 0 Å². The Balaban J connectivity index is 1.82. The van der Waals surface area contributed by atoms with Gasteiger partial charge in [-0.1, -0.05) is 72.8 Å². The fraction of sp³-hybridized carbons (Fsp3) is 0.794. The van der Waals surface area contributed by atoms with E-state index in [2.05, 4.69) is 27.8 Å². The maximum atomic E-state index is 14.3. The highest BCUT2D eigenvalue weighted by Crippen LogP contribution is 2.39. The average Bonchev–Trinajstić information content (AvgIpc) is 3.79. The number of nitrogens with zero attached hydrogens (tertiary/aromatic N) is 1. The number of carbonyl (C=O) groups excluding carboxylic acids is 5. The number of carbonyl (C=O) groups is 5. The van der Waals surface area contributed by atoms with Gasteiger partial charge in [-0.15, -0.1) is 6.58 Å². The van der Waals surface area contributed by atoms with Crippen molar-refractivity contribution in [3.63, 3.8) is 0 Å². The molecule has 0 aromatic carbocycles. The zero-order chi connectivity index (χ0) is 35.2. The zero-order valence-electron chi connectivity index (χ0n) is 29.2. The molecule has 13 heteroatoms. The summed E-state index contributed by atoms with van der Waals surface area (Å²) in [6.45, 7) is 13.8. The van der Waals surface area contributed by atoms with Gasteiger partial charge in [0.05, 0.1) is 17.3 Å². The second kappa shape index (κ2) is 16.0. The molecule has 266 valence electrons. The highest BCUT2D eigenvalue weighted by Gasteiger charge is 2.47. The van der Waals surface area contributed by atoms with Crippen molar-refractivity contribution >= 4 is 39.4 Å². The van der Waals surface area contributed by atoms with Crippen LogP contribution in [0.1, 0.15) is 98.8 Å². The Morgan fingerprint density at radius 1 is 1.02 bits per heavy atom. The molecule has 47 heavy (non-hydrogen) atoms. The topological polar surface area (TPSA) is 171 Å². The van der Waals surface area contributed by atoms with Gasteiger partial charge < -0.3 is 26.2 Å². The molecule has 2 aliphatic carbocycles. The lowest BCUT2D eigenvalue weighted by molar-refractivity contribution is -0.150. The molecule has 12 nitrogen and oxygen atoms in total. The van der Waals surface area contributed by atoms with Crippen LogP contribution < -0.4 is 21.3 Å². The summed E-state index contributed by atoms with van der Waals surface area (Å²) in [4.78, 5) is 69.1. The Labute approximate surface area is 280 Å². The van der Waals surface area contributed by atoms with Gasteiger partial charge in [-0.2, -0.15) is 0 Å². The summed E-state index contributed by atoms with van der Waals surface area (Å²) in [5, 5.41) is 11.2. The van der Waals surface area contributed by atoms with Crippen LogP contribution in [-0.2, 0) is 29.0 Å². The molecule has 0 bridgehead atoms. The number of hydrogen-bond donors (Lipinski definition) is 4. The number of sulfone groups is 1. The summed E-state index contributed by atoms with van der Waals surface area (Å²) in [5.74, 6) is -2.65. The van der Waals surface area contributed by atoms with Crippen LogP contribution in [0.4, 0.5) is 4.79 Å². The number of nitrogens with one attached hydrogen (secondary N) is 4. The van der Waals surface area contributed by atoms with E-state index in [4.69, 9.17) is 0 Å². The highest BCUT2D eigenvalue weighted by atomic mass is 32.2. The quantitative estimate of drug-likeness (QED) is 0.117. The molecule has 3 fully saturated rings. The molecular formula is C34H57N5O7S. The Morgan fingerprint density at radius 2 is 1.66 bits per heavy atom. The molecule has 1 aliphatic heterocycles. The number of likely N-dealkylation sites (tertiary alicyclic amines) is 1. The van der Waals surface area contributed by atoms with Crippen LogP contribution in [-0.4, -0.2) is 91.6 Å². The number of amides is 5. The molecule has 4 N–H and O–H groups in total. The third-order valence-corrected chi connectivity index (χ3v) is 11.3. The smallest absolute Gasteiger partial charge is 0.315 e. The minimum Gasteiger partial charge on any atom is -0.349 e. The number of piperidine rings is 1. The number of ketones is 1. The Hall–Kier alpha value is -2.96. The van der Waals surface area contributed by atoms with Crippen LogP contribution in [0.2, 0.25) is 0 Å². The van der Waals surface area contributed by atoms with E-state index in [0.29, 0.717) is 32.1 Å². The summed E-state index contributed by atoms with van der Waals surface area (Å²) >= 11 is 0. The van der Waals surface area contributed by atoms with Crippen LogP contribution in [0.15, 0.2) is 12.7 Å². The van der Waals surface area contributed by atoms with E-state index in [0.717, 1.165) is 38.4 Å². The van der Waals surface area contributed by atoms with Gasteiger partial charge >= 0.3 is 6.03 Å². The van der Waals surface area contributed by atoms with Gasteiger partial charge in [-0.3, -0.25) is 19.2 Å². The second-order valence-electron chi connectivity index (χ2n) is 15.3. The van der Waals surface area contributed by atoms with E-state index in [1.165, 1.54) is 4.90 Å². The lowest BCUT2D eigenvalue weighted by Crippen LogP contribution is -2.65. The Bertz CT molecular complexity index is 1290. The first-order valence-electron chi connectivity index (χ1n) is 17.2. The van der Waals surface area contributed by atoms with E-state index >= 15 is 0 Å². The van der Waals surface area contributed by atoms with Crippen molar-refractivity contribution in [2.24, 2.45) is 23.2 Å². The molecule has 0 radical (unpaired) electrons. The van der Waals surface area contributed by atoms with E-state index in [1.807, 2.05) is 20.8 Å². The van der Waals surface area contributed by atoms with Crippen molar-refractivity contribution in [1.82, 2.24) is 26.2 Å². The van der Waals surface area contributed by atoms with Crippen LogP contribution in [0.5, 0.6) is 0 Å². The normalized spacial score (nSPS) is 23.6. The predicted molar refractivity (Wildman–Crippen MR) is 181 cm³/mol. The molecule has 3 aliphatic rings. The Kier molecular flexibility index (Phi) is 13.1. The third-order valence-electron chi connectivity index (χ3n) is 10.2. The highest BCUT2D eigenvalue weighted by molar-refractivity contribution is 7.90. The van der Waals surface area contributed by atoms with E-state index in [1.54, 1.807) is 19.9 Å². The fourth-order valence-corrected chi connectivity index (χ4v) is 8.19. The number of rotatable bonds is 15. The molecule has 0 aromatic heterocycles. The van der Waals surface area contributed by atoms with Crippen LogP contribution in [0, 0.1) is 23.2 Å². The first-order valence-corrected chi connectivity index (χ1v) is 19.2. The monoisotopic (exact) mass is 679 g/mol. The first-order chi connectivity index (χ1) is 21.9. The van der Waals surface area contributed by atoms with Crippen molar-refractivity contribution in [2.75, 3.05) is 25.1 Å². The van der Waals surface area contributed by atoms with Crippen LogP contribution in [0.25, 0.3) is 0 Å². The summed E-state index contributed by atoms with van der Waals surface area (Å²) in [6, 6.07) is -3.54. The van der Waals surface area contributed by atoms with Gasteiger partial charge in [0.1, 0.15) is 21.9 Å². The van der Waals surface area contributed by atoms with Crippen molar-refractivity contribution in [3.05, 3.63) is 12.7 Å². The summed E-state index contributed by atoms with van der Waals surface area (Å²) in [5.41, 5.74) is -1.22. The average molecular weight is 680 g/mol. The summed E-state index contributed by atoms with van der Waals surface area (Å²) in [6.07, 6.45) is 9.43. The van der Waals surface area contributed by atoms with Crippen molar-refractivity contribution < 1.29 is 32.4 Å². The minimum atomic E-state index is -3.39. The molecule has 2 unspecified atom stereocenters. The molecule has 0 aromatic rings. The van der Waals surface area contributed by atoms with Crippen molar-refractivity contribution in [3.8, 4) is 0 Å². The van der Waals surface area contributed by atoms with Crippen molar-refractivity contribution in [1.29, 1.82) is 0 Å². The van der Waals surface area contributed by atoms with Crippen LogP contribution >= 0.6 is 0 Å². The van der Waals surface area contributed by atoms with Gasteiger partial charge in [0, 0.05) is 19.3 Å². The Morgan fingerprint density at radius 3 is 2.21 bits per heavy atom. The molecule has 1 saturated heterocycles.